The maximum absolute atomic E-state index is 10.3. The average molecular weight is 302 g/mol. The molecule has 5 nitrogen and oxygen atoms in total. The van der Waals surface area contributed by atoms with Crippen molar-refractivity contribution in [1.82, 2.24) is 0 Å². The molecule has 116 valence electrons. The zero-order valence-corrected chi connectivity index (χ0v) is 12.4. The van der Waals surface area contributed by atoms with Crippen molar-refractivity contribution in [3.05, 3.63) is 47.5 Å². The van der Waals surface area contributed by atoms with Crippen LogP contribution in [0.1, 0.15) is 29.8 Å². The van der Waals surface area contributed by atoms with Gasteiger partial charge < -0.3 is 24.4 Å². The molecule has 0 aromatic heterocycles. The second-order valence-corrected chi connectivity index (χ2v) is 5.19. The molecule has 1 heterocycles. The maximum atomic E-state index is 10.3. The smallest absolute Gasteiger partial charge is 0.133 e. The van der Waals surface area contributed by atoms with E-state index in [4.69, 9.17) is 14.2 Å². The highest BCUT2D eigenvalue weighted by atomic mass is 16.5. The van der Waals surface area contributed by atoms with E-state index in [-0.39, 0.29) is 11.9 Å². The van der Waals surface area contributed by atoms with Gasteiger partial charge in [-0.3, -0.25) is 0 Å². The Morgan fingerprint density at radius 2 is 1.73 bits per heavy atom. The highest BCUT2D eigenvalue weighted by Crippen LogP contribution is 2.46. The van der Waals surface area contributed by atoms with Crippen LogP contribution in [0.3, 0.4) is 0 Å². The minimum atomic E-state index is -0.790. The standard InChI is InChI=1S/C17H18O5/c1-20-11-5-3-10(4-6-11)15-9-14(19)17-13(18)7-12(21-2)8-16(17)22-15/h3-8,14-15,18-19H,9H2,1-2H3. The van der Waals surface area contributed by atoms with Crippen LogP contribution in [0.5, 0.6) is 23.0 Å². The van der Waals surface area contributed by atoms with Crippen LogP contribution >= 0.6 is 0 Å². The highest BCUT2D eigenvalue weighted by Gasteiger charge is 2.31. The fourth-order valence-electron chi connectivity index (χ4n) is 2.68. The van der Waals surface area contributed by atoms with Crippen LogP contribution in [0.2, 0.25) is 0 Å². The monoisotopic (exact) mass is 302 g/mol. The quantitative estimate of drug-likeness (QED) is 0.912. The third-order valence-electron chi connectivity index (χ3n) is 3.86. The van der Waals surface area contributed by atoms with Crippen molar-refractivity contribution < 1.29 is 24.4 Å². The number of methoxy groups -OCH3 is 2. The van der Waals surface area contributed by atoms with Crippen molar-refractivity contribution in [2.75, 3.05) is 14.2 Å². The molecule has 2 aromatic rings. The summed E-state index contributed by atoms with van der Waals surface area (Å²) < 4.78 is 16.2. The van der Waals surface area contributed by atoms with Gasteiger partial charge in [-0.2, -0.15) is 0 Å². The van der Waals surface area contributed by atoms with Gasteiger partial charge in [0, 0.05) is 18.6 Å². The first-order valence-electron chi connectivity index (χ1n) is 7.02. The number of hydrogen-bond acceptors (Lipinski definition) is 5. The van der Waals surface area contributed by atoms with Crippen LogP contribution in [0.25, 0.3) is 0 Å². The molecular formula is C17H18O5. The number of aliphatic hydroxyl groups excluding tert-OH is 1. The molecule has 0 amide bonds. The minimum absolute atomic E-state index is 0.0185. The molecule has 0 radical (unpaired) electrons. The van der Waals surface area contributed by atoms with Crippen molar-refractivity contribution in [3.8, 4) is 23.0 Å². The predicted molar refractivity (Wildman–Crippen MR) is 80.6 cm³/mol. The Bertz CT molecular complexity index is 665. The van der Waals surface area contributed by atoms with Gasteiger partial charge in [-0.1, -0.05) is 12.1 Å². The summed E-state index contributed by atoms with van der Waals surface area (Å²) >= 11 is 0. The van der Waals surface area contributed by atoms with Crippen molar-refractivity contribution in [2.24, 2.45) is 0 Å². The van der Waals surface area contributed by atoms with Crippen LogP contribution in [0.15, 0.2) is 36.4 Å². The van der Waals surface area contributed by atoms with Gasteiger partial charge in [-0.05, 0) is 17.7 Å². The topological polar surface area (TPSA) is 68.2 Å². The number of hydrogen-bond donors (Lipinski definition) is 2. The largest absolute Gasteiger partial charge is 0.507 e. The first kappa shape index (κ1) is 14.5. The molecule has 2 unspecified atom stereocenters. The lowest BCUT2D eigenvalue weighted by Gasteiger charge is -2.30. The second kappa shape index (κ2) is 5.77. The number of aliphatic hydroxyl groups is 1. The summed E-state index contributed by atoms with van der Waals surface area (Å²) in [5, 5.41) is 20.4. The second-order valence-electron chi connectivity index (χ2n) is 5.19. The molecule has 0 saturated carbocycles. The molecule has 22 heavy (non-hydrogen) atoms. The fourth-order valence-corrected chi connectivity index (χ4v) is 2.68. The Morgan fingerprint density at radius 3 is 2.36 bits per heavy atom. The molecule has 5 heteroatoms. The molecule has 0 spiro atoms. The predicted octanol–water partition coefficient (Wildman–Crippen LogP) is 2.97. The van der Waals surface area contributed by atoms with Crippen molar-refractivity contribution in [2.45, 2.75) is 18.6 Å². The Labute approximate surface area is 128 Å². The lowest BCUT2D eigenvalue weighted by atomic mass is 9.94. The molecule has 0 fully saturated rings. The SMILES string of the molecule is COc1ccc(C2CC(O)c3c(O)cc(OC)cc3O2)cc1. The van der Waals surface area contributed by atoms with E-state index in [1.807, 2.05) is 24.3 Å². The Hall–Kier alpha value is -2.40. The minimum Gasteiger partial charge on any atom is -0.507 e. The number of benzene rings is 2. The zero-order valence-electron chi connectivity index (χ0n) is 12.4. The van der Waals surface area contributed by atoms with Crippen LogP contribution in [0, 0.1) is 0 Å². The van der Waals surface area contributed by atoms with Gasteiger partial charge in [0.1, 0.15) is 29.1 Å². The number of phenols is 1. The number of aromatic hydroxyl groups is 1. The van der Waals surface area contributed by atoms with E-state index in [0.717, 1.165) is 11.3 Å². The highest BCUT2D eigenvalue weighted by molar-refractivity contribution is 5.52. The maximum Gasteiger partial charge on any atom is 0.133 e. The van der Waals surface area contributed by atoms with Gasteiger partial charge in [0.15, 0.2) is 0 Å². The van der Waals surface area contributed by atoms with Crippen LogP contribution in [0.4, 0.5) is 0 Å². The third-order valence-corrected chi connectivity index (χ3v) is 3.86. The van der Waals surface area contributed by atoms with E-state index in [0.29, 0.717) is 23.5 Å². The Kier molecular flexibility index (Phi) is 3.81. The molecule has 2 N–H and O–H groups in total. The van der Waals surface area contributed by atoms with Crippen LogP contribution in [-0.2, 0) is 0 Å². The number of fused-ring (bicyclic) bond motifs is 1. The third kappa shape index (κ3) is 2.55. The van der Waals surface area contributed by atoms with Gasteiger partial charge in [0.25, 0.3) is 0 Å². The number of rotatable bonds is 3. The first-order valence-corrected chi connectivity index (χ1v) is 7.02. The van der Waals surface area contributed by atoms with E-state index >= 15 is 0 Å². The molecule has 0 saturated heterocycles. The fraction of sp³-hybridized carbons (Fsp3) is 0.294. The summed E-state index contributed by atoms with van der Waals surface area (Å²) in [7, 11) is 3.13. The molecular weight excluding hydrogens is 284 g/mol. The molecule has 1 aliphatic rings. The summed E-state index contributed by atoms with van der Waals surface area (Å²) in [6.45, 7) is 0. The van der Waals surface area contributed by atoms with Gasteiger partial charge in [0.2, 0.25) is 0 Å². The van der Waals surface area contributed by atoms with E-state index in [9.17, 15) is 10.2 Å². The first-order chi connectivity index (χ1) is 10.6. The van der Waals surface area contributed by atoms with Crippen molar-refractivity contribution in [3.63, 3.8) is 0 Å². The lowest BCUT2D eigenvalue weighted by Crippen LogP contribution is -2.19. The number of ether oxygens (including phenoxy) is 3. The van der Waals surface area contributed by atoms with E-state index < -0.39 is 6.10 Å². The average Bonchev–Trinajstić information content (AvgIpc) is 2.54. The zero-order chi connectivity index (χ0) is 15.7. The molecule has 0 bridgehead atoms. The van der Waals surface area contributed by atoms with E-state index in [1.165, 1.54) is 13.2 Å². The summed E-state index contributed by atoms with van der Waals surface area (Å²) in [5.74, 6) is 1.67. The van der Waals surface area contributed by atoms with Crippen molar-refractivity contribution >= 4 is 0 Å². The van der Waals surface area contributed by atoms with Gasteiger partial charge in [-0.25, -0.2) is 0 Å². The molecule has 3 rings (SSSR count). The number of phenolic OH excluding ortho intramolecular Hbond substituents is 1. The molecule has 2 atom stereocenters. The summed E-state index contributed by atoms with van der Waals surface area (Å²) in [5.41, 5.74) is 1.35. The summed E-state index contributed by atoms with van der Waals surface area (Å²) in [4.78, 5) is 0. The van der Waals surface area contributed by atoms with Crippen LogP contribution < -0.4 is 14.2 Å². The summed E-state index contributed by atoms with van der Waals surface area (Å²) in [6.07, 6.45) is -0.708. The van der Waals surface area contributed by atoms with Gasteiger partial charge in [-0.15, -0.1) is 0 Å². The van der Waals surface area contributed by atoms with Crippen molar-refractivity contribution in [1.29, 1.82) is 0 Å². The Morgan fingerprint density at radius 1 is 1.05 bits per heavy atom. The van der Waals surface area contributed by atoms with E-state index in [2.05, 4.69) is 0 Å². The lowest BCUT2D eigenvalue weighted by molar-refractivity contribution is 0.0631. The van der Waals surface area contributed by atoms with Gasteiger partial charge >= 0.3 is 0 Å². The molecule has 2 aromatic carbocycles. The molecule has 1 aliphatic heterocycles. The molecule has 0 aliphatic carbocycles. The summed E-state index contributed by atoms with van der Waals surface area (Å²) in [6, 6.07) is 10.7. The normalized spacial score (nSPS) is 20.0. The van der Waals surface area contributed by atoms with E-state index in [1.54, 1.807) is 13.2 Å². The van der Waals surface area contributed by atoms with Gasteiger partial charge in [0.05, 0.1) is 25.9 Å². The Balaban J connectivity index is 1.93. The van der Waals surface area contributed by atoms with Crippen LogP contribution in [-0.4, -0.2) is 24.4 Å².